The highest BCUT2D eigenvalue weighted by Gasteiger charge is 2.06. The molecule has 4 heteroatoms. The maximum Gasteiger partial charge on any atom is 0.140 e. The molecule has 2 aromatic heterocycles. The van der Waals surface area contributed by atoms with Crippen molar-refractivity contribution in [2.45, 2.75) is 13.3 Å². The largest absolute Gasteiger partial charge is 0.387 e. The van der Waals surface area contributed by atoms with E-state index in [1.54, 1.807) is 0 Å². The van der Waals surface area contributed by atoms with Crippen LogP contribution in [0.2, 0.25) is 0 Å². The van der Waals surface area contributed by atoms with Crippen molar-refractivity contribution in [2.24, 2.45) is 0 Å². The average Bonchev–Trinajstić information content (AvgIpc) is 2.59. The molecular formula is C10H12BrN3. The Morgan fingerprint density at radius 1 is 1.57 bits per heavy atom. The molecule has 14 heavy (non-hydrogen) atoms. The van der Waals surface area contributed by atoms with Gasteiger partial charge in [0.05, 0.1) is 11.9 Å². The van der Waals surface area contributed by atoms with Gasteiger partial charge in [0.25, 0.3) is 0 Å². The van der Waals surface area contributed by atoms with Gasteiger partial charge in [0, 0.05) is 13.2 Å². The smallest absolute Gasteiger partial charge is 0.140 e. The molecule has 2 aromatic rings. The molecule has 1 N–H and O–H groups in total. The number of halogens is 1. The monoisotopic (exact) mass is 253 g/mol. The summed E-state index contributed by atoms with van der Waals surface area (Å²) in [5.74, 6) is 0. The van der Waals surface area contributed by atoms with E-state index in [2.05, 4.69) is 39.2 Å². The average molecular weight is 254 g/mol. The Kier molecular flexibility index (Phi) is 2.46. The number of anilines is 1. The summed E-state index contributed by atoms with van der Waals surface area (Å²) in [7, 11) is 1.92. The van der Waals surface area contributed by atoms with Gasteiger partial charge < -0.3 is 5.32 Å². The van der Waals surface area contributed by atoms with E-state index in [1.807, 2.05) is 23.8 Å². The molecule has 0 bridgehead atoms. The van der Waals surface area contributed by atoms with Crippen LogP contribution < -0.4 is 5.32 Å². The molecule has 2 heterocycles. The zero-order chi connectivity index (χ0) is 10.1. The second kappa shape index (κ2) is 3.61. The molecule has 0 aliphatic carbocycles. The lowest BCUT2D eigenvalue weighted by Crippen LogP contribution is -1.96. The minimum Gasteiger partial charge on any atom is -0.387 e. The highest BCUT2D eigenvalue weighted by atomic mass is 79.9. The fourth-order valence-electron chi connectivity index (χ4n) is 1.53. The molecule has 0 radical (unpaired) electrons. The van der Waals surface area contributed by atoms with Crippen molar-refractivity contribution in [2.75, 3.05) is 12.4 Å². The number of rotatable bonds is 2. The molecule has 0 aromatic carbocycles. The first kappa shape index (κ1) is 9.52. The maximum absolute atomic E-state index is 4.35. The summed E-state index contributed by atoms with van der Waals surface area (Å²) in [6, 6.07) is 2.13. The normalized spacial score (nSPS) is 10.8. The highest BCUT2D eigenvalue weighted by molar-refractivity contribution is 9.10. The van der Waals surface area contributed by atoms with Crippen LogP contribution in [0.25, 0.3) is 5.65 Å². The number of nitrogens with zero attached hydrogens (tertiary/aromatic N) is 2. The summed E-state index contributed by atoms with van der Waals surface area (Å²) in [5.41, 5.74) is 3.38. The van der Waals surface area contributed by atoms with Crippen molar-refractivity contribution >= 4 is 27.3 Å². The molecule has 0 aliphatic heterocycles. The van der Waals surface area contributed by atoms with Gasteiger partial charge in [-0.05, 0) is 34.0 Å². The standard InChI is InChI=1S/C10H12BrN3/c1-3-7-4-8(12-2)6-14-9(11)5-13-10(7)14/h4-6,12H,3H2,1-2H3. The number of aromatic nitrogens is 2. The lowest BCUT2D eigenvalue weighted by atomic mass is 10.2. The van der Waals surface area contributed by atoms with Crippen molar-refractivity contribution in [3.8, 4) is 0 Å². The van der Waals surface area contributed by atoms with Crippen LogP contribution in [0, 0.1) is 0 Å². The Balaban J connectivity index is 2.76. The van der Waals surface area contributed by atoms with E-state index >= 15 is 0 Å². The van der Waals surface area contributed by atoms with Crippen LogP contribution in [0.15, 0.2) is 23.1 Å². The number of hydrogen-bond donors (Lipinski definition) is 1. The Bertz CT molecular complexity index is 462. The van der Waals surface area contributed by atoms with Crippen molar-refractivity contribution in [3.05, 3.63) is 28.6 Å². The van der Waals surface area contributed by atoms with E-state index in [1.165, 1.54) is 5.56 Å². The van der Waals surface area contributed by atoms with Crippen LogP contribution in [0.4, 0.5) is 5.69 Å². The lowest BCUT2D eigenvalue weighted by Gasteiger charge is -2.06. The molecule has 0 amide bonds. The summed E-state index contributed by atoms with van der Waals surface area (Å²) in [5, 5.41) is 3.14. The van der Waals surface area contributed by atoms with Crippen molar-refractivity contribution in [1.82, 2.24) is 9.38 Å². The Labute approximate surface area is 91.3 Å². The second-order valence-corrected chi connectivity index (χ2v) is 3.94. The molecule has 0 aliphatic rings. The van der Waals surface area contributed by atoms with E-state index in [9.17, 15) is 0 Å². The molecule has 0 spiro atoms. The van der Waals surface area contributed by atoms with E-state index in [-0.39, 0.29) is 0 Å². The number of pyridine rings is 1. The van der Waals surface area contributed by atoms with Gasteiger partial charge in [-0.25, -0.2) is 4.98 Å². The first-order valence-electron chi connectivity index (χ1n) is 4.59. The van der Waals surface area contributed by atoms with Crippen LogP contribution in [0.1, 0.15) is 12.5 Å². The van der Waals surface area contributed by atoms with E-state index < -0.39 is 0 Å². The molecule has 3 nitrogen and oxygen atoms in total. The molecular weight excluding hydrogens is 242 g/mol. The minimum absolute atomic E-state index is 0.985. The predicted octanol–water partition coefficient (Wildman–Crippen LogP) is 2.70. The molecule has 0 fully saturated rings. The molecule has 2 rings (SSSR count). The lowest BCUT2D eigenvalue weighted by molar-refractivity contribution is 1.07. The van der Waals surface area contributed by atoms with E-state index in [4.69, 9.17) is 0 Å². The second-order valence-electron chi connectivity index (χ2n) is 3.13. The predicted molar refractivity (Wildman–Crippen MR) is 61.8 cm³/mol. The summed E-state index contributed by atoms with van der Waals surface area (Å²) in [6.45, 7) is 2.14. The molecule has 0 saturated carbocycles. The topological polar surface area (TPSA) is 29.3 Å². The van der Waals surface area contributed by atoms with Crippen molar-refractivity contribution in [3.63, 3.8) is 0 Å². The van der Waals surface area contributed by atoms with Crippen LogP contribution in [-0.4, -0.2) is 16.4 Å². The molecule has 0 atom stereocenters. The number of nitrogens with one attached hydrogen (secondary N) is 1. The maximum atomic E-state index is 4.35. The zero-order valence-electron chi connectivity index (χ0n) is 8.21. The first-order chi connectivity index (χ1) is 6.76. The molecule has 74 valence electrons. The number of hydrogen-bond acceptors (Lipinski definition) is 2. The van der Waals surface area contributed by atoms with Crippen LogP contribution in [0.3, 0.4) is 0 Å². The SMILES string of the molecule is CCc1cc(NC)cn2c(Br)cnc12. The van der Waals surface area contributed by atoms with Gasteiger partial charge in [0.2, 0.25) is 0 Å². The fourth-order valence-corrected chi connectivity index (χ4v) is 1.90. The van der Waals surface area contributed by atoms with Gasteiger partial charge in [-0.2, -0.15) is 0 Å². The number of fused-ring (bicyclic) bond motifs is 1. The van der Waals surface area contributed by atoms with E-state index in [0.29, 0.717) is 0 Å². The van der Waals surface area contributed by atoms with Crippen molar-refractivity contribution in [1.29, 1.82) is 0 Å². The third-order valence-electron chi connectivity index (χ3n) is 2.31. The van der Waals surface area contributed by atoms with Crippen LogP contribution in [-0.2, 0) is 6.42 Å². The molecule has 0 saturated heterocycles. The summed E-state index contributed by atoms with van der Waals surface area (Å²) in [4.78, 5) is 4.35. The Morgan fingerprint density at radius 3 is 3.00 bits per heavy atom. The van der Waals surface area contributed by atoms with Gasteiger partial charge >= 0.3 is 0 Å². The minimum atomic E-state index is 0.985. The van der Waals surface area contributed by atoms with Crippen LogP contribution in [0.5, 0.6) is 0 Å². The van der Waals surface area contributed by atoms with Crippen LogP contribution >= 0.6 is 15.9 Å². The van der Waals surface area contributed by atoms with Gasteiger partial charge in [-0.1, -0.05) is 6.92 Å². The fraction of sp³-hybridized carbons (Fsp3) is 0.300. The molecule has 0 unspecified atom stereocenters. The number of imidazole rings is 1. The van der Waals surface area contributed by atoms with Gasteiger partial charge in [0.15, 0.2) is 0 Å². The van der Waals surface area contributed by atoms with Gasteiger partial charge in [0.1, 0.15) is 10.3 Å². The first-order valence-corrected chi connectivity index (χ1v) is 5.38. The zero-order valence-corrected chi connectivity index (χ0v) is 9.80. The highest BCUT2D eigenvalue weighted by Crippen LogP contribution is 2.20. The third kappa shape index (κ3) is 1.39. The van der Waals surface area contributed by atoms with Gasteiger partial charge in [-0.3, -0.25) is 4.40 Å². The summed E-state index contributed by atoms with van der Waals surface area (Å²) in [6.07, 6.45) is 4.85. The summed E-state index contributed by atoms with van der Waals surface area (Å²) >= 11 is 3.47. The van der Waals surface area contributed by atoms with Crippen molar-refractivity contribution < 1.29 is 0 Å². The number of aryl methyl sites for hydroxylation is 1. The Hall–Kier alpha value is -1.03. The summed E-state index contributed by atoms with van der Waals surface area (Å²) < 4.78 is 3.03. The quantitative estimate of drug-likeness (QED) is 0.892. The third-order valence-corrected chi connectivity index (χ3v) is 2.89. The van der Waals surface area contributed by atoms with E-state index in [0.717, 1.165) is 22.4 Å². The Morgan fingerprint density at radius 2 is 2.36 bits per heavy atom. The van der Waals surface area contributed by atoms with Gasteiger partial charge in [-0.15, -0.1) is 0 Å².